The topological polar surface area (TPSA) is 88.2 Å². The third kappa shape index (κ3) is 2.62. The lowest BCUT2D eigenvalue weighted by atomic mass is 10.2. The van der Waals surface area contributed by atoms with Crippen molar-refractivity contribution in [2.75, 3.05) is 5.32 Å². The number of aromatic nitrogens is 2. The lowest BCUT2D eigenvalue weighted by Crippen LogP contribution is -2.07. The van der Waals surface area contributed by atoms with E-state index in [-0.39, 0.29) is 5.56 Å². The minimum Gasteiger partial charge on any atom is -0.478 e. The Morgan fingerprint density at radius 1 is 1.53 bits per heavy atom. The van der Waals surface area contributed by atoms with Gasteiger partial charge in [0.05, 0.1) is 17.8 Å². The van der Waals surface area contributed by atoms with Gasteiger partial charge in [-0.3, -0.25) is 0 Å². The van der Waals surface area contributed by atoms with E-state index in [4.69, 9.17) is 5.11 Å². The molecule has 1 aromatic heterocycles. The summed E-state index contributed by atoms with van der Waals surface area (Å²) >= 11 is 3.20. The molecular weight excluding hydrogens is 290 g/mol. The van der Waals surface area contributed by atoms with Crippen molar-refractivity contribution in [1.82, 2.24) is 10.1 Å². The van der Waals surface area contributed by atoms with Gasteiger partial charge in [-0.1, -0.05) is 11.2 Å². The Hall–Kier alpha value is -1.89. The molecule has 0 spiro atoms. The van der Waals surface area contributed by atoms with E-state index in [1.807, 2.05) is 0 Å². The van der Waals surface area contributed by atoms with Crippen LogP contribution in [0, 0.1) is 0 Å². The Bertz CT molecular complexity index is 528. The van der Waals surface area contributed by atoms with Crippen LogP contribution in [0.5, 0.6) is 0 Å². The standard InChI is InChI=1S/C10H8BrN3O3/c11-6-2-1-3-7(9(6)10(15)16)12-4-8-13-5-17-14-8/h1-3,5,12H,4H2,(H,15,16). The third-order valence-electron chi connectivity index (χ3n) is 2.07. The number of rotatable bonds is 4. The van der Waals surface area contributed by atoms with Gasteiger partial charge in [0.1, 0.15) is 0 Å². The molecule has 1 aromatic carbocycles. The van der Waals surface area contributed by atoms with Crippen LogP contribution >= 0.6 is 15.9 Å². The molecule has 88 valence electrons. The number of nitrogens with one attached hydrogen (secondary N) is 1. The fraction of sp³-hybridized carbons (Fsp3) is 0.100. The SMILES string of the molecule is O=C(O)c1c(Br)cccc1NCc1ncon1. The van der Waals surface area contributed by atoms with E-state index >= 15 is 0 Å². The molecule has 0 aliphatic rings. The summed E-state index contributed by atoms with van der Waals surface area (Å²) in [5.74, 6) is -0.547. The first-order chi connectivity index (χ1) is 8.18. The summed E-state index contributed by atoms with van der Waals surface area (Å²) in [6.45, 7) is 0.299. The summed E-state index contributed by atoms with van der Waals surface area (Å²) in [6, 6.07) is 5.09. The molecule has 0 aliphatic heterocycles. The van der Waals surface area contributed by atoms with Crippen molar-refractivity contribution in [3.05, 3.63) is 40.5 Å². The van der Waals surface area contributed by atoms with E-state index < -0.39 is 5.97 Å². The zero-order valence-corrected chi connectivity index (χ0v) is 10.1. The number of hydrogen-bond acceptors (Lipinski definition) is 5. The highest BCUT2D eigenvalue weighted by Crippen LogP contribution is 2.24. The van der Waals surface area contributed by atoms with E-state index in [1.54, 1.807) is 18.2 Å². The Morgan fingerprint density at radius 2 is 2.35 bits per heavy atom. The first-order valence-corrected chi connectivity index (χ1v) is 5.48. The number of halogens is 1. The van der Waals surface area contributed by atoms with Gasteiger partial charge in [0.15, 0.2) is 5.82 Å². The maximum absolute atomic E-state index is 11.1. The van der Waals surface area contributed by atoms with E-state index in [0.717, 1.165) is 0 Å². The Balaban J connectivity index is 2.21. The van der Waals surface area contributed by atoms with Crippen LogP contribution in [0.3, 0.4) is 0 Å². The highest BCUT2D eigenvalue weighted by molar-refractivity contribution is 9.10. The maximum Gasteiger partial charge on any atom is 0.338 e. The van der Waals surface area contributed by atoms with Crippen molar-refractivity contribution < 1.29 is 14.4 Å². The van der Waals surface area contributed by atoms with Crippen molar-refractivity contribution in [1.29, 1.82) is 0 Å². The normalized spacial score (nSPS) is 10.2. The Kier molecular flexibility index (Phi) is 3.38. The van der Waals surface area contributed by atoms with Crippen LogP contribution in [0.4, 0.5) is 5.69 Å². The first-order valence-electron chi connectivity index (χ1n) is 4.69. The van der Waals surface area contributed by atoms with Crippen LogP contribution in [-0.4, -0.2) is 21.2 Å². The van der Waals surface area contributed by atoms with Gasteiger partial charge in [-0.25, -0.2) is 4.79 Å². The molecule has 0 aliphatic carbocycles. The van der Waals surface area contributed by atoms with Crippen LogP contribution in [0.15, 0.2) is 33.6 Å². The number of carboxylic acid groups (broad SMARTS) is 1. The highest BCUT2D eigenvalue weighted by atomic mass is 79.9. The van der Waals surface area contributed by atoms with Crippen LogP contribution in [-0.2, 0) is 6.54 Å². The summed E-state index contributed by atoms with van der Waals surface area (Å²) in [5.41, 5.74) is 0.674. The molecule has 2 rings (SSSR count). The predicted octanol–water partition coefficient (Wildman–Crippen LogP) is 2.14. The summed E-state index contributed by atoms with van der Waals surface area (Å²) in [7, 11) is 0. The fourth-order valence-corrected chi connectivity index (χ4v) is 1.87. The molecule has 0 atom stereocenters. The lowest BCUT2D eigenvalue weighted by molar-refractivity contribution is 0.0697. The summed E-state index contributed by atoms with van der Waals surface area (Å²) in [4.78, 5) is 14.9. The van der Waals surface area contributed by atoms with Gasteiger partial charge < -0.3 is 14.9 Å². The van der Waals surface area contributed by atoms with Gasteiger partial charge >= 0.3 is 5.97 Å². The van der Waals surface area contributed by atoms with Crippen LogP contribution in [0.2, 0.25) is 0 Å². The third-order valence-corrected chi connectivity index (χ3v) is 2.73. The molecule has 0 amide bonds. The minimum absolute atomic E-state index is 0.177. The smallest absolute Gasteiger partial charge is 0.338 e. The van der Waals surface area contributed by atoms with Gasteiger partial charge in [0, 0.05) is 4.47 Å². The molecule has 2 aromatic rings. The molecule has 7 heteroatoms. The second kappa shape index (κ2) is 4.96. The van der Waals surface area contributed by atoms with Crippen molar-refractivity contribution in [3.8, 4) is 0 Å². The molecule has 17 heavy (non-hydrogen) atoms. The average molecular weight is 298 g/mol. The summed E-state index contributed by atoms with van der Waals surface area (Å²) < 4.78 is 5.09. The molecule has 6 nitrogen and oxygen atoms in total. The monoisotopic (exact) mass is 297 g/mol. The number of carboxylic acids is 1. The zero-order valence-electron chi connectivity index (χ0n) is 8.55. The van der Waals surface area contributed by atoms with E-state index in [2.05, 4.69) is 35.9 Å². The molecule has 0 saturated heterocycles. The second-order valence-electron chi connectivity index (χ2n) is 3.17. The number of carbonyl (C=O) groups is 1. The van der Waals surface area contributed by atoms with Crippen molar-refractivity contribution in [2.45, 2.75) is 6.54 Å². The Labute approximate surface area is 105 Å². The van der Waals surface area contributed by atoms with Crippen LogP contribution in [0.1, 0.15) is 16.2 Å². The molecule has 0 fully saturated rings. The zero-order chi connectivity index (χ0) is 12.3. The maximum atomic E-state index is 11.1. The number of benzene rings is 1. The van der Waals surface area contributed by atoms with Gasteiger partial charge in [-0.15, -0.1) is 0 Å². The summed E-state index contributed by atoms with van der Waals surface area (Å²) in [5, 5.41) is 15.6. The van der Waals surface area contributed by atoms with Gasteiger partial charge in [0.25, 0.3) is 0 Å². The quantitative estimate of drug-likeness (QED) is 0.899. The van der Waals surface area contributed by atoms with E-state index in [1.165, 1.54) is 6.39 Å². The number of aromatic carboxylic acids is 1. The number of hydrogen-bond donors (Lipinski definition) is 2. The Morgan fingerprint density at radius 3 is 3.00 bits per heavy atom. The van der Waals surface area contributed by atoms with Gasteiger partial charge in [-0.05, 0) is 28.1 Å². The predicted molar refractivity (Wildman–Crippen MR) is 62.7 cm³/mol. The molecule has 0 saturated carbocycles. The minimum atomic E-state index is -1.01. The largest absolute Gasteiger partial charge is 0.478 e. The average Bonchev–Trinajstić information content (AvgIpc) is 2.78. The van der Waals surface area contributed by atoms with Gasteiger partial charge in [0.2, 0.25) is 6.39 Å². The number of nitrogens with zero attached hydrogens (tertiary/aromatic N) is 2. The fourth-order valence-electron chi connectivity index (χ4n) is 1.33. The van der Waals surface area contributed by atoms with Crippen molar-refractivity contribution in [2.24, 2.45) is 0 Å². The van der Waals surface area contributed by atoms with E-state index in [9.17, 15) is 4.79 Å². The number of anilines is 1. The van der Waals surface area contributed by atoms with Crippen LogP contribution < -0.4 is 5.32 Å². The first kappa shape index (κ1) is 11.6. The molecule has 1 heterocycles. The van der Waals surface area contributed by atoms with Crippen molar-refractivity contribution in [3.63, 3.8) is 0 Å². The van der Waals surface area contributed by atoms with Crippen LogP contribution in [0.25, 0.3) is 0 Å². The molecule has 2 N–H and O–H groups in total. The van der Waals surface area contributed by atoms with Crippen molar-refractivity contribution >= 4 is 27.6 Å². The second-order valence-corrected chi connectivity index (χ2v) is 4.02. The lowest BCUT2D eigenvalue weighted by Gasteiger charge is -2.08. The highest BCUT2D eigenvalue weighted by Gasteiger charge is 2.13. The van der Waals surface area contributed by atoms with E-state index in [0.29, 0.717) is 22.5 Å². The molecular formula is C10H8BrN3O3. The van der Waals surface area contributed by atoms with Gasteiger partial charge in [-0.2, -0.15) is 4.98 Å². The molecule has 0 unspecified atom stereocenters. The summed E-state index contributed by atoms with van der Waals surface area (Å²) in [6.07, 6.45) is 1.22. The molecule has 0 radical (unpaired) electrons. The molecule has 0 bridgehead atoms.